The molecule has 0 aromatic heterocycles. The third-order valence-electron chi connectivity index (χ3n) is 2.12. The highest BCUT2D eigenvalue weighted by Crippen LogP contribution is 2.00. The molecule has 1 aliphatic heterocycles. The van der Waals surface area contributed by atoms with Crippen molar-refractivity contribution in [2.45, 2.75) is 6.10 Å². The van der Waals surface area contributed by atoms with Crippen molar-refractivity contribution in [1.29, 1.82) is 0 Å². The second-order valence-electron chi connectivity index (χ2n) is 3.09. The van der Waals surface area contributed by atoms with E-state index in [1.54, 1.807) is 0 Å². The Kier molecular flexibility index (Phi) is 2.32. The number of fused-ring (bicyclic) bond motifs is 1. The minimum atomic E-state index is -0.891. The fraction of sp³-hybridized carbons (Fsp3) is 0.200. The standard InChI is InChI=1S/C10H7F2NO2/c1-15-9-4-6-7(12)2-5(11)3-8(6)13-10(9)14/h2-4,9H,1H3/t9-/m0/s1. The molecule has 0 saturated carbocycles. The Balaban J connectivity index is 2.76. The predicted octanol–water partition coefficient (Wildman–Crippen LogP) is -0.0799. The van der Waals surface area contributed by atoms with Gasteiger partial charge in [0.15, 0.2) is 6.10 Å². The van der Waals surface area contributed by atoms with Crippen LogP contribution in [0.1, 0.15) is 0 Å². The van der Waals surface area contributed by atoms with Gasteiger partial charge < -0.3 is 4.74 Å². The molecule has 0 saturated heterocycles. The zero-order valence-electron chi connectivity index (χ0n) is 7.83. The van der Waals surface area contributed by atoms with Gasteiger partial charge in [-0.25, -0.2) is 13.8 Å². The van der Waals surface area contributed by atoms with Gasteiger partial charge in [0, 0.05) is 24.5 Å². The lowest BCUT2D eigenvalue weighted by molar-refractivity contribution is -0.124. The normalized spacial score (nSPS) is 19.1. The number of ether oxygens (including phenoxy) is 1. The van der Waals surface area contributed by atoms with E-state index in [2.05, 4.69) is 4.99 Å². The van der Waals surface area contributed by atoms with Crippen LogP contribution in [-0.2, 0) is 9.53 Å². The van der Waals surface area contributed by atoms with Crippen LogP contribution in [0.25, 0.3) is 6.08 Å². The first-order valence-electron chi connectivity index (χ1n) is 4.24. The van der Waals surface area contributed by atoms with Gasteiger partial charge in [-0.3, -0.25) is 4.79 Å². The second kappa shape index (κ2) is 3.51. The highest BCUT2D eigenvalue weighted by Gasteiger charge is 2.18. The fourth-order valence-corrected chi connectivity index (χ4v) is 1.40. The number of carbonyl (C=O) groups is 1. The Hall–Kier alpha value is -1.62. The van der Waals surface area contributed by atoms with Crippen molar-refractivity contribution in [3.05, 3.63) is 34.3 Å². The summed E-state index contributed by atoms with van der Waals surface area (Å²) in [7, 11) is 1.32. The van der Waals surface area contributed by atoms with Crippen molar-refractivity contribution in [1.82, 2.24) is 0 Å². The fourth-order valence-electron chi connectivity index (χ4n) is 1.40. The Morgan fingerprint density at radius 1 is 1.40 bits per heavy atom. The number of hydrogen-bond acceptors (Lipinski definition) is 2. The summed E-state index contributed by atoms with van der Waals surface area (Å²) in [5.74, 6) is -2.06. The third kappa shape index (κ3) is 1.66. The van der Waals surface area contributed by atoms with Gasteiger partial charge in [-0.1, -0.05) is 0 Å². The van der Waals surface area contributed by atoms with Crippen molar-refractivity contribution in [2.75, 3.05) is 7.11 Å². The first-order chi connectivity index (χ1) is 7.11. The van der Waals surface area contributed by atoms with Crippen LogP contribution in [-0.4, -0.2) is 19.1 Å². The number of carbonyl (C=O) groups excluding carboxylic acids is 1. The Morgan fingerprint density at radius 3 is 2.80 bits per heavy atom. The summed E-state index contributed by atoms with van der Waals surface area (Å²) in [6, 6.07) is 1.76. The molecule has 0 aliphatic carbocycles. The predicted molar refractivity (Wildman–Crippen MR) is 47.4 cm³/mol. The van der Waals surface area contributed by atoms with Gasteiger partial charge in [-0.05, 0) is 6.08 Å². The monoisotopic (exact) mass is 211 g/mol. The van der Waals surface area contributed by atoms with Gasteiger partial charge >= 0.3 is 0 Å². The molecule has 1 amide bonds. The molecule has 1 aromatic rings. The van der Waals surface area contributed by atoms with Crippen LogP contribution in [0.3, 0.4) is 0 Å². The van der Waals surface area contributed by atoms with Crippen LogP contribution in [0.15, 0.2) is 17.1 Å². The number of amides is 1. The molecule has 1 aromatic carbocycles. The highest BCUT2D eigenvalue weighted by molar-refractivity contribution is 5.88. The van der Waals surface area contributed by atoms with E-state index >= 15 is 0 Å². The summed E-state index contributed by atoms with van der Waals surface area (Å²) < 4.78 is 30.9. The van der Waals surface area contributed by atoms with Crippen molar-refractivity contribution in [2.24, 2.45) is 4.99 Å². The van der Waals surface area contributed by atoms with E-state index in [1.165, 1.54) is 13.2 Å². The lowest BCUT2D eigenvalue weighted by Crippen LogP contribution is -2.39. The van der Waals surface area contributed by atoms with Crippen LogP contribution in [0.4, 0.5) is 8.78 Å². The molecule has 1 aliphatic rings. The number of rotatable bonds is 1. The van der Waals surface area contributed by atoms with Crippen molar-refractivity contribution in [3.8, 4) is 0 Å². The smallest absolute Gasteiger partial charge is 0.279 e. The highest BCUT2D eigenvalue weighted by atomic mass is 19.1. The molecule has 5 heteroatoms. The van der Waals surface area contributed by atoms with Gasteiger partial charge in [0.1, 0.15) is 11.6 Å². The summed E-state index contributed by atoms with van der Waals surface area (Å²) in [4.78, 5) is 14.8. The van der Waals surface area contributed by atoms with Gasteiger partial charge in [-0.2, -0.15) is 0 Å². The summed E-state index contributed by atoms with van der Waals surface area (Å²) in [6.07, 6.45) is 0.400. The first-order valence-corrected chi connectivity index (χ1v) is 4.24. The number of hydrogen-bond donors (Lipinski definition) is 0. The maximum atomic E-state index is 13.3. The van der Waals surface area contributed by atoms with Crippen LogP contribution in [0.5, 0.6) is 0 Å². The van der Waals surface area contributed by atoms with Gasteiger partial charge in [-0.15, -0.1) is 0 Å². The van der Waals surface area contributed by atoms with Crippen LogP contribution < -0.4 is 10.6 Å². The molecule has 3 nitrogen and oxygen atoms in total. The third-order valence-corrected chi connectivity index (χ3v) is 2.12. The summed E-state index contributed by atoms with van der Waals surface area (Å²) in [6.45, 7) is 0. The van der Waals surface area contributed by atoms with Gasteiger partial charge in [0.05, 0.1) is 5.36 Å². The lowest BCUT2D eigenvalue weighted by atomic mass is 10.1. The summed E-state index contributed by atoms with van der Waals surface area (Å²) >= 11 is 0. The molecule has 0 spiro atoms. The largest absolute Gasteiger partial charge is 0.367 e. The number of nitrogens with zero attached hydrogens (tertiary/aromatic N) is 1. The van der Waals surface area contributed by atoms with Gasteiger partial charge in [0.25, 0.3) is 5.91 Å². The van der Waals surface area contributed by atoms with Crippen LogP contribution in [0.2, 0.25) is 0 Å². The zero-order chi connectivity index (χ0) is 11.0. The Morgan fingerprint density at radius 2 is 2.13 bits per heavy atom. The molecule has 0 bridgehead atoms. The van der Waals surface area contributed by atoms with E-state index in [-0.39, 0.29) is 10.6 Å². The molecule has 1 atom stereocenters. The minimum Gasteiger partial charge on any atom is -0.367 e. The molecule has 1 heterocycles. The van der Waals surface area contributed by atoms with Gasteiger partial charge in [0.2, 0.25) is 0 Å². The Bertz CT molecular complexity index is 539. The van der Waals surface area contributed by atoms with E-state index < -0.39 is 23.6 Å². The SMILES string of the molecule is CO[C@H]1C=c2c(F)cc(F)cc2=NC1=O. The van der Waals surface area contributed by atoms with E-state index in [0.717, 1.165) is 12.1 Å². The van der Waals surface area contributed by atoms with Crippen LogP contribution >= 0.6 is 0 Å². The Labute approximate surface area is 83.7 Å². The summed E-state index contributed by atoms with van der Waals surface area (Å²) in [5, 5.41) is 0.105. The number of halogens is 2. The second-order valence-corrected chi connectivity index (χ2v) is 3.09. The summed E-state index contributed by atoms with van der Waals surface area (Å²) in [5.41, 5.74) is 0. The van der Waals surface area contributed by atoms with Crippen molar-refractivity contribution < 1.29 is 18.3 Å². The van der Waals surface area contributed by atoms with E-state index in [1.807, 2.05) is 0 Å². The maximum Gasteiger partial charge on any atom is 0.279 e. The molecule has 0 fully saturated rings. The minimum absolute atomic E-state index is 0.00537. The maximum absolute atomic E-state index is 13.3. The molecule has 15 heavy (non-hydrogen) atoms. The van der Waals surface area contributed by atoms with E-state index in [4.69, 9.17) is 4.74 Å². The molecular formula is C10H7F2NO2. The van der Waals surface area contributed by atoms with E-state index in [9.17, 15) is 13.6 Å². The number of benzene rings is 1. The average Bonchev–Trinajstić information content (AvgIpc) is 2.16. The lowest BCUT2D eigenvalue weighted by Gasteiger charge is -2.09. The van der Waals surface area contributed by atoms with Crippen LogP contribution in [0, 0.1) is 11.6 Å². The van der Waals surface area contributed by atoms with Crippen molar-refractivity contribution in [3.63, 3.8) is 0 Å². The molecule has 0 radical (unpaired) electrons. The number of methoxy groups -OCH3 is 1. The van der Waals surface area contributed by atoms with E-state index in [0.29, 0.717) is 0 Å². The first kappa shape index (κ1) is 9.92. The quantitative estimate of drug-likeness (QED) is 0.651. The average molecular weight is 211 g/mol. The molecule has 0 N–H and O–H groups in total. The molecule has 0 unspecified atom stereocenters. The zero-order valence-corrected chi connectivity index (χ0v) is 7.83. The van der Waals surface area contributed by atoms with Crippen molar-refractivity contribution >= 4 is 12.0 Å². The topological polar surface area (TPSA) is 38.7 Å². The molecule has 78 valence electrons. The molecule has 2 rings (SSSR count). The molecular weight excluding hydrogens is 204 g/mol.